The van der Waals surface area contributed by atoms with E-state index in [1.54, 1.807) is 30.6 Å². The van der Waals surface area contributed by atoms with E-state index in [9.17, 15) is 4.79 Å². The molecule has 0 radical (unpaired) electrons. The van der Waals surface area contributed by atoms with E-state index in [0.717, 1.165) is 17.5 Å². The second-order valence-corrected chi connectivity index (χ2v) is 4.38. The van der Waals surface area contributed by atoms with E-state index >= 15 is 0 Å². The molecule has 2 rings (SSSR count). The summed E-state index contributed by atoms with van der Waals surface area (Å²) in [6.07, 6.45) is 4.29. The number of anilines is 1. The van der Waals surface area contributed by atoms with Crippen LogP contribution in [0.15, 0.2) is 42.7 Å². The summed E-state index contributed by atoms with van der Waals surface area (Å²) in [5.74, 6) is -0.0844. The maximum absolute atomic E-state index is 12.0. The summed E-state index contributed by atoms with van der Waals surface area (Å²) >= 11 is 0. The number of amides is 1. The first kappa shape index (κ1) is 13.1. The number of nitrogens with zero attached hydrogens (tertiary/aromatic N) is 1. The molecular formula is C15H17N3O. The fourth-order valence-corrected chi connectivity index (χ4v) is 1.86. The van der Waals surface area contributed by atoms with Crippen molar-refractivity contribution < 1.29 is 4.79 Å². The monoisotopic (exact) mass is 255 g/mol. The van der Waals surface area contributed by atoms with Crippen LogP contribution in [0, 0.1) is 6.92 Å². The molecule has 2 aromatic rings. The number of carbonyl (C=O) groups is 1. The van der Waals surface area contributed by atoms with Gasteiger partial charge in [0.15, 0.2) is 0 Å². The van der Waals surface area contributed by atoms with Crippen LogP contribution in [0.1, 0.15) is 21.5 Å². The first-order valence-electron chi connectivity index (χ1n) is 6.20. The minimum absolute atomic E-state index is 0.0844. The van der Waals surface area contributed by atoms with Gasteiger partial charge in [0.25, 0.3) is 5.91 Å². The van der Waals surface area contributed by atoms with Gasteiger partial charge in [-0.25, -0.2) is 0 Å². The zero-order valence-electron chi connectivity index (χ0n) is 10.9. The van der Waals surface area contributed by atoms with E-state index in [1.165, 1.54) is 0 Å². The molecule has 0 atom stereocenters. The fraction of sp³-hybridized carbons (Fsp3) is 0.200. The lowest BCUT2D eigenvalue weighted by molar-refractivity contribution is 0.0953. The molecule has 0 fully saturated rings. The fourth-order valence-electron chi connectivity index (χ4n) is 1.86. The van der Waals surface area contributed by atoms with Gasteiger partial charge in [-0.2, -0.15) is 0 Å². The number of hydrogen-bond acceptors (Lipinski definition) is 3. The van der Waals surface area contributed by atoms with E-state index in [0.29, 0.717) is 17.8 Å². The molecule has 0 unspecified atom stereocenters. The molecule has 1 heterocycles. The van der Waals surface area contributed by atoms with Gasteiger partial charge in [-0.1, -0.05) is 6.07 Å². The van der Waals surface area contributed by atoms with Gasteiger partial charge >= 0.3 is 0 Å². The van der Waals surface area contributed by atoms with Gasteiger partial charge in [0.2, 0.25) is 0 Å². The van der Waals surface area contributed by atoms with Crippen LogP contribution in [0.2, 0.25) is 0 Å². The van der Waals surface area contributed by atoms with Gasteiger partial charge in [0, 0.05) is 30.2 Å². The first-order chi connectivity index (χ1) is 9.18. The summed E-state index contributed by atoms with van der Waals surface area (Å²) < 4.78 is 0. The lowest BCUT2D eigenvalue weighted by Gasteiger charge is -2.09. The van der Waals surface area contributed by atoms with Crippen molar-refractivity contribution in [3.63, 3.8) is 0 Å². The Kier molecular flexibility index (Phi) is 4.13. The molecule has 1 amide bonds. The lowest BCUT2D eigenvalue weighted by Crippen LogP contribution is -2.26. The molecule has 0 saturated carbocycles. The maximum Gasteiger partial charge on any atom is 0.251 e. The smallest absolute Gasteiger partial charge is 0.251 e. The third kappa shape index (κ3) is 3.31. The van der Waals surface area contributed by atoms with Crippen molar-refractivity contribution in [3.05, 3.63) is 59.4 Å². The number of aromatic nitrogens is 1. The van der Waals surface area contributed by atoms with Crippen LogP contribution in [0.5, 0.6) is 0 Å². The molecule has 4 heteroatoms. The van der Waals surface area contributed by atoms with Crippen molar-refractivity contribution in [1.82, 2.24) is 10.3 Å². The van der Waals surface area contributed by atoms with E-state index in [2.05, 4.69) is 10.3 Å². The molecule has 0 aliphatic heterocycles. The van der Waals surface area contributed by atoms with E-state index in [1.807, 2.05) is 19.1 Å². The summed E-state index contributed by atoms with van der Waals surface area (Å²) in [6.45, 7) is 2.45. The molecular weight excluding hydrogens is 238 g/mol. The van der Waals surface area contributed by atoms with E-state index < -0.39 is 0 Å². The summed E-state index contributed by atoms with van der Waals surface area (Å²) in [4.78, 5) is 16.0. The van der Waals surface area contributed by atoms with E-state index in [4.69, 9.17) is 5.73 Å². The van der Waals surface area contributed by atoms with Crippen LogP contribution >= 0.6 is 0 Å². The van der Waals surface area contributed by atoms with Crippen LogP contribution in [-0.4, -0.2) is 17.4 Å². The zero-order chi connectivity index (χ0) is 13.7. The molecule has 19 heavy (non-hydrogen) atoms. The van der Waals surface area contributed by atoms with Crippen LogP contribution < -0.4 is 11.1 Å². The maximum atomic E-state index is 12.0. The van der Waals surface area contributed by atoms with Gasteiger partial charge in [0.05, 0.1) is 0 Å². The SMILES string of the molecule is Cc1c(N)cccc1C(=O)NCCc1ccncc1. The molecule has 98 valence electrons. The largest absolute Gasteiger partial charge is 0.398 e. The summed E-state index contributed by atoms with van der Waals surface area (Å²) in [5, 5.41) is 2.90. The quantitative estimate of drug-likeness (QED) is 0.820. The minimum atomic E-state index is -0.0844. The van der Waals surface area contributed by atoms with E-state index in [-0.39, 0.29) is 5.91 Å². The van der Waals surface area contributed by atoms with Crippen molar-refractivity contribution in [3.8, 4) is 0 Å². The molecule has 0 spiro atoms. The molecule has 0 aliphatic carbocycles. The van der Waals surface area contributed by atoms with Crippen molar-refractivity contribution in [1.29, 1.82) is 0 Å². The van der Waals surface area contributed by atoms with Crippen molar-refractivity contribution in [2.24, 2.45) is 0 Å². The van der Waals surface area contributed by atoms with Crippen molar-refractivity contribution in [2.45, 2.75) is 13.3 Å². The third-order valence-corrected chi connectivity index (χ3v) is 3.07. The predicted molar refractivity (Wildman–Crippen MR) is 75.9 cm³/mol. The third-order valence-electron chi connectivity index (χ3n) is 3.07. The Morgan fingerprint density at radius 1 is 1.26 bits per heavy atom. The van der Waals surface area contributed by atoms with Crippen LogP contribution in [0.25, 0.3) is 0 Å². The number of benzene rings is 1. The predicted octanol–water partition coefficient (Wildman–Crippen LogP) is 1.94. The number of pyridine rings is 1. The van der Waals surface area contributed by atoms with Gasteiger partial charge in [-0.3, -0.25) is 9.78 Å². The Balaban J connectivity index is 1.93. The minimum Gasteiger partial charge on any atom is -0.398 e. The van der Waals surface area contributed by atoms with Gasteiger partial charge in [0.1, 0.15) is 0 Å². The van der Waals surface area contributed by atoms with Crippen LogP contribution in [0.3, 0.4) is 0 Å². The van der Waals surface area contributed by atoms with Crippen molar-refractivity contribution in [2.75, 3.05) is 12.3 Å². The number of carbonyl (C=O) groups excluding carboxylic acids is 1. The number of nitrogens with one attached hydrogen (secondary N) is 1. The Labute approximate surface area is 112 Å². The second kappa shape index (κ2) is 6.00. The highest BCUT2D eigenvalue weighted by Gasteiger charge is 2.09. The standard InChI is InChI=1S/C15H17N3O/c1-11-13(3-2-4-14(11)16)15(19)18-10-7-12-5-8-17-9-6-12/h2-6,8-9H,7,10,16H2,1H3,(H,18,19). The molecule has 0 bridgehead atoms. The normalized spacial score (nSPS) is 10.2. The number of rotatable bonds is 4. The average Bonchev–Trinajstić information content (AvgIpc) is 2.43. The Morgan fingerprint density at radius 3 is 2.74 bits per heavy atom. The van der Waals surface area contributed by atoms with Gasteiger partial charge < -0.3 is 11.1 Å². The summed E-state index contributed by atoms with van der Waals surface area (Å²) in [5.41, 5.74) is 9.04. The topological polar surface area (TPSA) is 68.0 Å². The van der Waals surface area contributed by atoms with Crippen molar-refractivity contribution >= 4 is 11.6 Å². The second-order valence-electron chi connectivity index (χ2n) is 4.38. The Hall–Kier alpha value is -2.36. The lowest BCUT2D eigenvalue weighted by atomic mass is 10.1. The van der Waals surface area contributed by atoms with Gasteiger partial charge in [-0.05, 0) is 48.7 Å². The molecule has 0 saturated heterocycles. The molecule has 1 aromatic carbocycles. The average molecular weight is 255 g/mol. The molecule has 1 aromatic heterocycles. The highest BCUT2D eigenvalue weighted by molar-refractivity contribution is 5.96. The summed E-state index contributed by atoms with van der Waals surface area (Å²) in [6, 6.07) is 9.26. The Bertz CT molecular complexity index is 567. The zero-order valence-corrected chi connectivity index (χ0v) is 10.9. The Morgan fingerprint density at radius 2 is 2.00 bits per heavy atom. The molecule has 4 nitrogen and oxygen atoms in total. The highest BCUT2D eigenvalue weighted by atomic mass is 16.1. The van der Waals surface area contributed by atoms with Gasteiger partial charge in [-0.15, -0.1) is 0 Å². The number of hydrogen-bond donors (Lipinski definition) is 2. The molecule has 3 N–H and O–H groups in total. The van der Waals surface area contributed by atoms with Crippen LogP contribution in [0.4, 0.5) is 5.69 Å². The number of nitrogens with two attached hydrogens (primary N) is 1. The highest BCUT2D eigenvalue weighted by Crippen LogP contribution is 2.15. The molecule has 0 aliphatic rings. The van der Waals surface area contributed by atoms with Crippen LogP contribution in [-0.2, 0) is 6.42 Å². The first-order valence-corrected chi connectivity index (χ1v) is 6.20. The summed E-state index contributed by atoms with van der Waals surface area (Å²) in [7, 11) is 0. The number of nitrogen functional groups attached to an aromatic ring is 1.